The number of ether oxygens (including phenoxy) is 1. The fraction of sp³-hybridized carbons (Fsp3) is 0.364. The molecular formula is C22H23F3N4O2. The highest BCUT2D eigenvalue weighted by Gasteiger charge is 2.33. The third-order valence-corrected chi connectivity index (χ3v) is 5.65. The van der Waals surface area contributed by atoms with E-state index in [4.69, 9.17) is 4.74 Å². The molecule has 0 saturated carbocycles. The summed E-state index contributed by atoms with van der Waals surface area (Å²) in [6.07, 6.45) is -4.42. The smallest absolute Gasteiger partial charge is 0.378 e. The van der Waals surface area contributed by atoms with E-state index in [2.05, 4.69) is 20.4 Å². The minimum Gasteiger partial charge on any atom is -0.378 e. The van der Waals surface area contributed by atoms with Crippen LogP contribution in [-0.2, 0) is 10.9 Å². The van der Waals surface area contributed by atoms with Crippen LogP contribution in [-0.4, -0.2) is 36.5 Å². The van der Waals surface area contributed by atoms with E-state index >= 15 is 0 Å². The molecule has 4 rings (SSSR count). The van der Waals surface area contributed by atoms with E-state index in [1.54, 1.807) is 19.1 Å². The summed E-state index contributed by atoms with van der Waals surface area (Å²) in [6.45, 7) is 5.97. The van der Waals surface area contributed by atoms with Gasteiger partial charge in [0.05, 0.1) is 30.2 Å². The van der Waals surface area contributed by atoms with Crippen LogP contribution in [0, 0.1) is 6.92 Å². The van der Waals surface area contributed by atoms with Crippen LogP contribution in [0.3, 0.4) is 0 Å². The monoisotopic (exact) mass is 432 g/mol. The Morgan fingerprint density at radius 3 is 2.61 bits per heavy atom. The van der Waals surface area contributed by atoms with Gasteiger partial charge in [0.1, 0.15) is 0 Å². The molecule has 2 aromatic carbocycles. The lowest BCUT2D eigenvalue weighted by Crippen LogP contribution is -2.36. The van der Waals surface area contributed by atoms with E-state index < -0.39 is 17.8 Å². The Morgan fingerprint density at radius 1 is 1.16 bits per heavy atom. The number of hydrogen-bond acceptors (Lipinski definition) is 5. The maximum Gasteiger partial charge on any atom is 0.416 e. The first-order valence-corrected chi connectivity index (χ1v) is 10.0. The van der Waals surface area contributed by atoms with Gasteiger partial charge in [0, 0.05) is 24.2 Å². The molecule has 164 valence electrons. The number of alkyl halides is 3. The van der Waals surface area contributed by atoms with Crippen molar-refractivity contribution >= 4 is 22.3 Å². The highest BCUT2D eigenvalue weighted by Crippen LogP contribution is 2.35. The first-order chi connectivity index (χ1) is 14.8. The molecule has 2 N–H and O–H groups in total. The van der Waals surface area contributed by atoms with Crippen LogP contribution in [0.2, 0.25) is 0 Å². The van der Waals surface area contributed by atoms with Crippen LogP contribution < -0.4 is 15.8 Å². The summed E-state index contributed by atoms with van der Waals surface area (Å²) in [6, 6.07) is 9.19. The zero-order chi connectivity index (χ0) is 22.2. The summed E-state index contributed by atoms with van der Waals surface area (Å²) in [5.41, 5.74) is 0.636. The Balaban J connectivity index is 1.71. The van der Waals surface area contributed by atoms with Crippen LogP contribution in [0.25, 0.3) is 10.8 Å². The van der Waals surface area contributed by atoms with Gasteiger partial charge in [0.25, 0.3) is 5.56 Å². The van der Waals surface area contributed by atoms with Crippen molar-refractivity contribution in [2.45, 2.75) is 26.1 Å². The number of H-pyrrole nitrogens is 1. The van der Waals surface area contributed by atoms with Crippen LogP contribution in [0.1, 0.15) is 29.7 Å². The maximum absolute atomic E-state index is 13.3. The highest BCUT2D eigenvalue weighted by molar-refractivity contribution is 5.93. The number of rotatable bonds is 4. The Bertz CT molecular complexity index is 1150. The Labute approximate surface area is 177 Å². The minimum atomic E-state index is -4.42. The summed E-state index contributed by atoms with van der Waals surface area (Å²) in [4.78, 5) is 14.4. The molecule has 1 aliphatic rings. The van der Waals surface area contributed by atoms with E-state index in [1.807, 2.05) is 12.1 Å². The molecular weight excluding hydrogens is 409 g/mol. The highest BCUT2D eigenvalue weighted by atomic mass is 19.4. The molecule has 1 fully saturated rings. The third kappa shape index (κ3) is 4.23. The van der Waals surface area contributed by atoms with Crippen molar-refractivity contribution in [3.63, 3.8) is 0 Å². The van der Waals surface area contributed by atoms with Crippen molar-refractivity contribution in [1.29, 1.82) is 0 Å². The predicted molar refractivity (Wildman–Crippen MR) is 114 cm³/mol. The first-order valence-electron chi connectivity index (χ1n) is 10.0. The van der Waals surface area contributed by atoms with Crippen LogP contribution >= 0.6 is 0 Å². The summed E-state index contributed by atoms with van der Waals surface area (Å²) in [7, 11) is 0. The summed E-state index contributed by atoms with van der Waals surface area (Å²) in [5.74, 6) is 0.411. The number of aromatic amines is 1. The molecule has 31 heavy (non-hydrogen) atoms. The molecule has 0 aliphatic carbocycles. The van der Waals surface area contributed by atoms with E-state index in [1.165, 1.54) is 13.0 Å². The second-order valence-corrected chi connectivity index (χ2v) is 7.61. The lowest BCUT2D eigenvalue weighted by Gasteiger charge is -2.29. The number of nitrogens with one attached hydrogen (secondary N) is 2. The summed E-state index contributed by atoms with van der Waals surface area (Å²) < 4.78 is 45.3. The third-order valence-electron chi connectivity index (χ3n) is 5.65. The minimum absolute atomic E-state index is 0.165. The van der Waals surface area contributed by atoms with Crippen LogP contribution in [0.15, 0.2) is 41.2 Å². The van der Waals surface area contributed by atoms with Crippen molar-refractivity contribution < 1.29 is 17.9 Å². The second kappa shape index (κ2) is 8.22. The van der Waals surface area contributed by atoms with E-state index in [0.717, 1.165) is 24.8 Å². The molecule has 9 heteroatoms. The number of halogens is 3. The quantitative estimate of drug-likeness (QED) is 0.645. The molecule has 0 unspecified atom stereocenters. The molecule has 3 aromatic rings. The fourth-order valence-electron chi connectivity index (χ4n) is 3.99. The molecule has 1 saturated heterocycles. The Kier molecular flexibility index (Phi) is 5.62. The van der Waals surface area contributed by atoms with E-state index in [9.17, 15) is 18.0 Å². The number of anilines is 2. The number of hydrogen-bond donors (Lipinski definition) is 2. The standard InChI is InChI=1S/C22H23F3N4O2/c1-13-16(4-3-5-19(13)22(23,24)25)14(2)26-20-18-12-15(29-8-10-31-11-9-29)6-7-17(18)21(30)28-27-20/h3-7,12,14H,8-11H2,1-2H3,(H,26,27)(H,28,30)/t14-/m1/s1. The van der Waals surface area contributed by atoms with E-state index in [0.29, 0.717) is 35.4 Å². The maximum atomic E-state index is 13.3. The van der Waals surface area contributed by atoms with Crippen LogP contribution in [0.5, 0.6) is 0 Å². The number of aromatic nitrogens is 2. The van der Waals surface area contributed by atoms with Gasteiger partial charge < -0.3 is 15.0 Å². The molecule has 1 aromatic heterocycles. The van der Waals surface area contributed by atoms with Gasteiger partial charge in [0.15, 0.2) is 5.82 Å². The lowest BCUT2D eigenvalue weighted by atomic mass is 9.97. The lowest BCUT2D eigenvalue weighted by molar-refractivity contribution is -0.138. The zero-order valence-corrected chi connectivity index (χ0v) is 17.2. The largest absolute Gasteiger partial charge is 0.416 e. The predicted octanol–water partition coefficient (Wildman–Crippen LogP) is 4.26. The molecule has 0 radical (unpaired) electrons. The first kappa shape index (κ1) is 21.2. The van der Waals surface area contributed by atoms with Gasteiger partial charge in [-0.1, -0.05) is 12.1 Å². The number of fused-ring (bicyclic) bond motifs is 1. The van der Waals surface area contributed by atoms with Crippen LogP contribution in [0.4, 0.5) is 24.7 Å². The molecule has 0 amide bonds. The Morgan fingerprint density at radius 2 is 1.90 bits per heavy atom. The molecule has 0 spiro atoms. The van der Waals surface area contributed by atoms with Crippen molar-refractivity contribution in [2.24, 2.45) is 0 Å². The zero-order valence-electron chi connectivity index (χ0n) is 17.2. The molecule has 1 aliphatic heterocycles. The van der Waals surface area contributed by atoms with Gasteiger partial charge >= 0.3 is 6.18 Å². The van der Waals surface area contributed by atoms with E-state index in [-0.39, 0.29) is 11.1 Å². The topological polar surface area (TPSA) is 70.2 Å². The van der Waals surface area contributed by atoms with Gasteiger partial charge in [-0.2, -0.15) is 18.3 Å². The fourth-order valence-corrected chi connectivity index (χ4v) is 3.99. The Hall–Kier alpha value is -3.07. The average molecular weight is 432 g/mol. The molecule has 2 heterocycles. The van der Waals surface area contributed by atoms with Gasteiger partial charge in [-0.25, -0.2) is 5.10 Å². The molecule has 6 nitrogen and oxygen atoms in total. The molecule has 1 atom stereocenters. The normalized spacial score (nSPS) is 15.8. The van der Waals surface area contributed by atoms with Gasteiger partial charge in [-0.05, 0) is 49.2 Å². The van der Waals surface area contributed by atoms with Crippen molar-refractivity contribution in [3.8, 4) is 0 Å². The average Bonchev–Trinajstić information content (AvgIpc) is 2.75. The summed E-state index contributed by atoms with van der Waals surface area (Å²) in [5, 5.41) is 10.9. The van der Waals surface area contributed by atoms with Crippen molar-refractivity contribution in [3.05, 3.63) is 63.4 Å². The number of morpholine rings is 1. The SMILES string of the molecule is Cc1c([C@@H](C)Nc2n[nH]c(=O)c3ccc(N4CCOCC4)cc23)cccc1C(F)(F)F. The number of nitrogens with zero attached hydrogens (tertiary/aromatic N) is 2. The van der Waals surface area contributed by atoms with Gasteiger partial charge in [0.2, 0.25) is 0 Å². The summed E-state index contributed by atoms with van der Waals surface area (Å²) >= 11 is 0. The van der Waals surface area contributed by atoms with Crippen molar-refractivity contribution in [1.82, 2.24) is 10.2 Å². The number of benzene rings is 2. The molecule has 0 bridgehead atoms. The van der Waals surface area contributed by atoms with Crippen molar-refractivity contribution in [2.75, 3.05) is 36.5 Å². The van der Waals surface area contributed by atoms with Gasteiger partial charge in [-0.3, -0.25) is 4.79 Å². The van der Waals surface area contributed by atoms with Gasteiger partial charge in [-0.15, -0.1) is 0 Å². The second-order valence-electron chi connectivity index (χ2n) is 7.61.